The summed E-state index contributed by atoms with van der Waals surface area (Å²) in [5.41, 5.74) is 4.17. The first-order valence-electron chi connectivity index (χ1n) is 10.1. The van der Waals surface area contributed by atoms with Gasteiger partial charge in [-0.15, -0.1) is 0 Å². The molecule has 180 valence electrons. The van der Waals surface area contributed by atoms with Crippen molar-refractivity contribution in [2.45, 2.75) is 52.7 Å². The van der Waals surface area contributed by atoms with Crippen molar-refractivity contribution >= 4 is 19.4 Å². The van der Waals surface area contributed by atoms with Gasteiger partial charge in [-0.25, -0.2) is 14.3 Å². The van der Waals surface area contributed by atoms with E-state index in [1.807, 2.05) is 6.07 Å². The number of benzene rings is 2. The molecule has 0 fully saturated rings. The highest BCUT2D eigenvalue weighted by molar-refractivity contribution is 7.59. The quantitative estimate of drug-likeness (QED) is 0.227. The Morgan fingerprint density at radius 1 is 1.12 bits per heavy atom. The maximum Gasteiger partial charge on any atom is 0.246 e. The Kier molecular flexibility index (Phi) is 14.8. The van der Waals surface area contributed by atoms with E-state index in [0.717, 1.165) is 30.5 Å². The fourth-order valence-electron chi connectivity index (χ4n) is 3.44. The van der Waals surface area contributed by atoms with Crippen LogP contribution in [0, 0.1) is 24.5 Å². The van der Waals surface area contributed by atoms with Crippen molar-refractivity contribution < 1.29 is 23.5 Å². The van der Waals surface area contributed by atoms with Crippen molar-refractivity contribution in [3.05, 3.63) is 70.8 Å². The molecule has 0 spiro atoms. The number of hydrogen-bond donors (Lipinski definition) is 3. The molecule has 0 heterocycles. The number of hydrogen-bond acceptors (Lipinski definition) is 4. The topological polar surface area (TPSA) is 70.6 Å². The molecule has 2 atom stereocenters. The number of aryl methyl sites for hydroxylation is 1. The highest BCUT2D eigenvalue weighted by Gasteiger charge is 2.23. The molecule has 3 N–H and O–H groups in total. The molecular formula is C24H36F2N2O3S. The summed E-state index contributed by atoms with van der Waals surface area (Å²) in [7, 11) is 1.54. The molecule has 2 aromatic carbocycles. The molecule has 5 nitrogen and oxygen atoms in total. The normalized spacial score (nSPS) is 12.3. The zero-order valence-electron chi connectivity index (χ0n) is 18.0. The van der Waals surface area contributed by atoms with Gasteiger partial charge in [-0.3, -0.25) is 10.0 Å². The van der Waals surface area contributed by atoms with Crippen LogP contribution >= 0.6 is 13.5 Å². The van der Waals surface area contributed by atoms with E-state index in [0.29, 0.717) is 24.9 Å². The summed E-state index contributed by atoms with van der Waals surface area (Å²) in [6.45, 7) is 3.15. The number of hydroxylamine groups is 1. The second kappa shape index (κ2) is 15.7. The number of ether oxygens (including phenoxy) is 1. The van der Waals surface area contributed by atoms with Crippen molar-refractivity contribution in [2.75, 3.05) is 13.7 Å². The van der Waals surface area contributed by atoms with Gasteiger partial charge in [0.25, 0.3) is 0 Å². The molecule has 0 saturated heterocycles. The molecule has 0 unspecified atom stereocenters. The van der Waals surface area contributed by atoms with Gasteiger partial charge >= 0.3 is 0 Å². The smallest absolute Gasteiger partial charge is 0.246 e. The summed E-state index contributed by atoms with van der Waals surface area (Å²) < 4.78 is 31.9. The van der Waals surface area contributed by atoms with E-state index >= 15 is 0 Å². The van der Waals surface area contributed by atoms with Crippen LogP contribution in [0.2, 0.25) is 0 Å². The summed E-state index contributed by atoms with van der Waals surface area (Å²) in [5.74, 6) is -1.41. The number of methoxy groups -OCH3 is 1. The van der Waals surface area contributed by atoms with E-state index in [1.165, 1.54) is 18.2 Å². The third kappa shape index (κ3) is 9.65. The van der Waals surface area contributed by atoms with Crippen LogP contribution in [-0.2, 0) is 16.1 Å². The van der Waals surface area contributed by atoms with E-state index in [4.69, 9.17) is 9.94 Å². The number of rotatable bonds is 12. The van der Waals surface area contributed by atoms with E-state index < -0.39 is 11.8 Å². The first-order chi connectivity index (χ1) is 14.4. The van der Waals surface area contributed by atoms with Crippen LogP contribution in [-0.4, -0.2) is 24.8 Å². The number of amides is 1. The monoisotopic (exact) mass is 470 g/mol. The number of nitrogens with one attached hydrogen (secondary N) is 2. The van der Waals surface area contributed by atoms with Gasteiger partial charge in [-0.05, 0) is 67.6 Å². The molecule has 2 aromatic rings. The Labute approximate surface area is 197 Å². The molecule has 0 aliphatic heterocycles. The SMILES string of the molecule is C.CO[C@H](C[C@H](CCCCNCc1ccc(F)c(C)c1)C(=O)NO)c1ccc(F)cc1.S. The lowest BCUT2D eigenvalue weighted by Gasteiger charge is -2.22. The first-order valence-corrected chi connectivity index (χ1v) is 10.1. The fraction of sp³-hybridized carbons (Fsp3) is 0.458. The lowest BCUT2D eigenvalue weighted by Crippen LogP contribution is -2.29. The summed E-state index contributed by atoms with van der Waals surface area (Å²) in [6, 6.07) is 11.0. The number of carbonyl (C=O) groups excluding carboxylic acids is 1. The van der Waals surface area contributed by atoms with Crippen molar-refractivity contribution in [1.29, 1.82) is 0 Å². The van der Waals surface area contributed by atoms with Crippen LogP contribution in [0.1, 0.15) is 55.9 Å². The predicted molar refractivity (Wildman–Crippen MR) is 128 cm³/mol. The Morgan fingerprint density at radius 3 is 2.41 bits per heavy atom. The second-order valence-electron chi connectivity index (χ2n) is 7.44. The fourth-order valence-corrected chi connectivity index (χ4v) is 3.44. The maximum absolute atomic E-state index is 13.3. The van der Waals surface area contributed by atoms with Crippen LogP contribution in [0.4, 0.5) is 8.78 Å². The van der Waals surface area contributed by atoms with Gasteiger partial charge in [0.05, 0.1) is 6.10 Å². The predicted octanol–water partition coefficient (Wildman–Crippen LogP) is 5.18. The Bertz CT molecular complexity index is 806. The van der Waals surface area contributed by atoms with Crippen LogP contribution in [0.5, 0.6) is 0 Å². The van der Waals surface area contributed by atoms with Gasteiger partial charge in [-0.2, -0.15) is 13.5 Å². The second-order valence-corrected chi connectivity index (χ2v) is 7.44. The molecule has 2 rings (SSSR count). The van der Waals surface area contributed by atoms with Crippen LogP contribution in [0.3, 0.4) is 0 Å². The highest BCUT2D eigenvalue weighted by atomic mass is 32.1. The first kappa shape index (κ1) is 30.0. The third-order valence-corrected chi connectivity index (χ3v) is 5.21. The van der Waals surface area contributed by atoms with Crippen molar-refractivity contribution in [3.8, 4) is 0 Å². The number of carbonyl (C=O) groups is 1. The van der Waals surface area contributed by atoms with Crippen molar-refractivity contribution in [3.63, 3.8) is 0 Å². The number of halogens is 2. The number of unbranched alkanes of at least 4 members (excludes halogenated alkanes) is 1. The minimum absolute atomic E-state index is 0. The maximum atomic E-state index is 13.3. The Balaban J connectivity index is 0.00000480. The standard InChI is InChI=1S/C23H30F2N2O3.CH4.H2S/c1-16-13-17(6-11-21(16)25)15-26-12-4-3-5-19(23(28)27-29)14-22(30-2)18-7-9-20(24)10-8-18;;/h6-11,13,19,22,26,29H,3-5,12,14-15H2,1-2H3,(H,27,28);1H4;1H2/t19-,22+;;/m0../s1. The molecular weight excluding hydrogens is 434 g/mol. The van der Waals surface area contributed by atoms with E-state index in [-0.39, 0.29) is 38.7 Å². The van der Waals surface area contributed by atoms with Crippen LogP contribution < -0.4 is 10.8 Å². The minimum Gasteiger partial charge on any atom is -0.377 e. The average molecular weight is 471 g/mol. The highest BCUT2D eigenvalue weighted by Crippen LogP contribution is 2.27. The summed E-state index contributed by atoms with van der Waals surface area (Å²) in [5, 5.41) is 12.4. The molecule has 0 aliphatic rings. The molecule has 0 radical (unpaired) electrons. The van der Waals surface area contributed by atoms with E-state index in [9.17, 15) is 13.6 Å². The molecule has 32 heavy (non-hydrogen) atoms. The molecule has 0 aromatic heterocycles. The lowest BCUT2D eigenvalue weighted by atomic mass is 9.91. The van der Waals surface area contributed by atoms with Crippen LogP contribution in [0.25, 0.3) is 0 Å². The summed E-state index contributed by atoms with van der Waals surface area (Å²) >= 11 is 0. The minimum atomic E-state index is -0.450. The molecule has 0 aliphatic carbocycles. The zero-order chi connectivity index (χ0) is 21.9. The third-order valence-electron chi connectivity index (χ3n) is 5.21. The van der Waals surface area contributed by atoms with Crippen LogP contribution in [0.15, 0.2) is 42.5 Å². The average Bonchev–Trinajstić information content (AvgIpc) is 2.75. The zero-order valence-corrected chi connectivity index (χ0v) is 19.0. The Hall–Kier alpha value is -2.00. The van der Waals surface area contributed by atoms with Gasteiger partial charge in [0.1, 0.15) is 11.6 Å². The van der Waals surface area contributed by atoms with E-state index in [1.54, 1.807) is 37.7 Å². The van der Waals surface area contributed by atoms with E-state index in [2.05, 4.69) is 5.32 Å². The molecule has 8 heteroatoms. The van der Waals surface area contributed by atoms with Crippen molar-refractivity contribution in [1.82, 2.24) is 10.8 Å². The lowest BCUT2D eigenvalue weighted by molar-refractivity contribution is -0.135. The van der Waals surface area contributed by atoms with Gasteiger partial charge < -0.3 is 10.1 Å². The molecule has 0 saturated carbocycles. The summed E-state index contributed by atoms with van der Waals surface area (Å²) in [4.78, 5) is 12.1. The van der Waals surface area contributed by atoms with Gasteiger partial charge in [0.15, 0.2) is 0 Å². The molecule has 1 amide bonds. The van der Waals surface area contributed by atoms with Gasteiger partial charge in [-0.1, -0.05) is 38.1 Å². The summed E-state index contributed by atoms with van der Waals surface area (Å²) in [6.07, 6.45) is 2.24. The largest absolute Gasteiger partial charge is 0.377 e. The molecule has 0 bridgehead atoms. The van der Waals surface area contributed by atoms with Gasteiger partial charge in [0.2, 0.25) is 5.91 Å². The van der Waals surface area contributed by atoms with Gasteiger partial charge in [0, 0.05) is 19.6 Å². The van der Waals surface area contributed by atoms with Crippen molar-refractivity contribution in [2.24, 2.45) is 5.92 Å². The Morgan fingerprint density at radius 2 is 1.81 bits per heavy atom.